The molecule has 0 bridgehead atoms. The summed E-state index contributed by atoms with van der Waals surface area (Å²) in [4.78, 5) is 15.4. The van der Waals surface area contributed by atoms with E-state index in [2.05, 4.69) is 49.3 Å². The van der Waals surface area contributed by atoms with Crippen LogP contribution in [0, 0.1) is 6.92 Å². The number of carbonyl (C=O) groups excluding carboxylic acids is 1. The van der Waals surface area contributed by atoms with E-state index in [1.54, 1.807) is 6.08 Å². The molecule has 0 spiro atoms. The fourth-order valence-corrected chi connectivity index (χ4v) is 2.81. The number of carbonyl (C=O) groups is 1. The number of benzene rings is 2. The molecular formula is C22H24N2O. The molecule has 0 fully saturated rings. The Kier molecular flexibility index (Phi) is 4.49. The molecule has 3 rings (SSSR count). The van der Waals surface area contributed by atoms with Crippen LogP contribution in [0.2, 0.25) is 0 Å². The Hall–Kier alpha value is -2.81. The molecule has 128 valence electrons. The Morgan fingerprint density at radius 2 is 1.76 bits per heavy atom. The lowest BCUT2D eigenvalue weighted by atomic mass is 9.87. The highest BCUT2D eigenvalue weighted by Crippen LogP contribution is 2.23. The number of anilines is 1. The highest BCUT2D eigenvalue weighted by Gasteiger charge is 2.12. The van der Waals surface area contributed by atoms with Gasteiger partial charge in [0.05, 0.1) is 0 Å². The maximum Gasteiger partial charge on any atom is 0.248 e. The summed E-state index contributed by atoms with van der Waals surface area (Å²) in [6.07, 6.45) is 3.40. The Bertz CT molecular complexity index is 925. The first-order chi connectivity index (χ1) is 11.8. The van der Waals surface area contributed by atoms with Gasteiger partial charge in [0.15, 0.2) is 0 Å². The van der Waals surface area contributed by atoms with Gasteiger partial charge < -0.3 is 10.3 Å². The number of aromatic amines is 1. The summed E-state index contributed by atoms with van der Waals surface area (Å²) in [5.41, 5.74) is 5.41. The van der Waals surface area contributed by atoms with E-state index < -0.39 is 0 Å². The monoisotopic (exact) mass is 332 g/mol. The smallest absolute Gasteiger partial charge is 0.248 e. The quantitative estimate of drug-likeness (QED) is 0.618. The molecule has 0 aliphatic rings. The summed E-state index contributed by atoms with van der Waals surface area (Å²) in [5.74, 6) is -0.133. The highest BCUT2D eigenvalue weighted by atomic mass is 16.1. The van der Waals surface area contributed by atoms with Crippen molar-refractivity contribution in [2.24, 2.45) is 0 Å². The van der Waals surface area contributed by atoms with E-state index in [-0.39, 0.29) is 11.3 Å². The van der Waals surface area contributed by atoms with Crippen molar-refractivity contribution in [3.63, 3.8) is 0 Å². The maximum atomic E-state index is 12.1. The molecule has 3 aromatic rings. The standard InChI is InChI=1S/C22H24N2O/c1-15-13-17-14-19(10-11-20(17)23-15)24-21(25)12-7-16-5-8-18(9-6-16)22(2,3)4/h5-14,23H,1-4H3,(H,24,25)/b12-7+. The third kappa shape index (κ3) is 4.18. The highest BCUT2D eigenvalue weighted by molar-refractivity contribution is 6.03. The van der Waals surface area contributed by atoms with E-state index in [1.807, 2.05) is 43.3 Å². The zero-order valence-electron chi connectivity index (χ0n) is 15.2. The maximum absolute atomic E-state index is 12.1. The minimum Gasteiger partial charge on any atom is -0.359 e. The molecule has 0 aliphatic carbocycles. The van der Waals surface area contributed by atoms with Crippen molar-refractivity contribution >= 4 is 28.6 Å². The van der Waals surface area contributed by atoms with Crippen molar-refractivity contribution in [3.8, 4) is 0 Å². The van der Waals surface area contributed by atoms with Gasteiger partial charge in [-0.15, -0.1) is 0 Å². The van der Waals surface area contributed by atoms with Crippen molar-refractivity contribution < 1.29 is 4.79 Å². The van der Waals surface area contributed by atoms with Gasteiger partial charge in [0.1, 0.15) is 0 Å². The summed E-state index contributed by atoms with van der Waals surface area (Å²) in [6, 6.07) is 16.2. The molecule has 0 radical (unpaired) electrons. The van der Waals surface area contributed by atoms with E-state index in [9.17, 15) is 4.79 Å². The average molecular weight is 332 g/mol. The second-order valence-electron chi connectivity index (χ2n) is 7.45. The average Bonchev–Trinajstić information content (AvgIpc) is 2.92. The van der Waals surface area contributed by atoms with E-state index in [1.165, 1.54) is 5.56 Å². The molecule has 3 nitrogen and oxygen atoms in total. The second kappa shape index (κ2) is 6.60. The zero-order chi connectivity index (χ0) is 18.0. The Morgan fingerprint density at radius 1 is 1.04 bits per heavy atom. The summed E-state index contributed by atoms with van der Waals surface area (Å²) in [5, 5.41) is 4.00. The molecule has 0 unspecified atom stereocenters. The second-order valence-corrected chi connectivity index (χ2v) is 7.45. The van der Waals surface area contributed by atoms with Crippen molar-refractivity contribution in [3.05, 3.63) is 71.4 Å². The molecule has 1 heterocycles. The third-order valence-corrected chi connectivity index (χ3v) is 4.23. The van der Waals surface area contributed by atoms with Crippen LogP contribution in [-0.2, 0) is 10.2 Å². The van der Waals surface area contributed by atoms with Gasteiger partial charge in [-0.2, -0.15) is 0 Å². The molecule has 2 aromatic carbocycles. The van der Waals surface area contributed by atoms with E-state index in [0.717, 1.165) is 27.8 Å². The molecule has 0 saturated heterocycles. The van der Waals surface area contributed by atoms with Crippen molar-refractivity contribution in [2.45, 2.75) is 33.1 Å². The van der Waals surface area contributed by atoms with Crippen LogP contribution in [-0.4, -0.2) is 10.9 Å². The van der Waals surface area contributed by atoms with Gasteiger partial charge in [-0.1, -0.05) is 45.0 Å². The normalized spacial score (nSPS) is 12.0. The first-order valence-corrected chi connectivity index (χ1v) is 8.50. The lowest BCUT2D eigenvalue weighted by Gasteiger charge is -2.18. The summed E-state index contributed by atoms with van der Waals surface area (Å²) < 4.78 is 0. The molecular weight excluding hydrogens is 308 g/mol. The number of aromatic nitrogens is 1. The molecule has 25 heavy (non-hydrogen) atoms. The van der Waals surface area contributed by atoms with Crippen LogP contribution in [0.3, 0.4) is 0 Å². The number of rotatable bonds is 3. The number of hydrogen-bond donors (Lipinski definition) is 2. The van der Waals surface area contributed by atoms with Crippen LogP contribution in [0.15, 0.2) is 54.6 Å². The summed E-state index contributed by atoms with van der Waals surface area (Å²) in [6.45, 7) is 8.59. The topological polar surface area (TPSA) is 44.9 Å². The number of nitrogens with one attached hydrogen (secondary N) is 2. The van der Waals surface area contributed by atoms with E-state index in [4.69, 9.17) is 0 Å². The number of amides is 1. The lowest BCUT2D eigenvalue weighted by Crippen LogP contribution is -2.10. The Labute approximate surface area is 148 Å². The SMILES string of the molecule is Cc1cc2cc(NC(=O)/C=C/c3ccc(C(C)(C)C)cc3)ccc2[nH]1. The lowest BCUT2D eigenvalue weighted by molar-refractivity contribution is -0.111. The van der Waals surface area contributed by atoms with Gasteiger partial charge in [0.25, 0.3) is 0 Å². The number of H-pyrrole nitrogens is 1. The Balaban J connectivity index is 1.67. The van der Waals surface area contributed by atoms with Gasteiger partial charge in [0.2, 0.25) is 5.91 Å². The van der Waals surface area contributed by atoms with Crippen molar-refractivity contribution in [2.75, 3.05) is 5.32 Å². The molecule has 0 aliphatic heterocycles. The fraction of sp³-hybridized carbons (Fsp3) is 0.227. The van der Waals surface area contributed by atoms with Crippen LogP contribution < -0.4 is 5.32 Å². The van der Waals surface area contributed by atoms with Crippen molar-refractivity contribution in [1.29, 1.82) is 0 Å². The largest absolute Gasteiger partial charge is 0.359 e. The minimum absolute atomic E-state index is 0.133. The number of aryl methyl sites for hydroxylation is 1. The molecule has 1 amide bonds. The first-order valence-electron chi connectivity index (χ1n) is 8.50. The summed E-state index contributed by atoms with van der Waals surface area (Å²) >= 11 is 0. The third-order valence-electron chi connectivity index (χ3n) is 4.23. The molecule has 0 saturated carbocycles. The molecule has 1 aromatic heterocycles. The van der Waals surface area contributed by atoms with Crippen molar-refractivity contribution in [1.82, 2.24) is 4.98 Å². The minimum atomic E-state index is -0.133. The predicted molar refractivity (Wildman–Crippen MR) is 106 cm³/mol. The van der Waals surface area contributed by atoms with Gasteiger partial charge in [-0.05, 0) is 53.8 Å². The number of hydrogen-bond acceptors (Lipinski definition) is 1. The molecule has 3 heteroatoms. The van der Waals surface area contributed by atoms with Gasteiger partial charge in [-0.25, -0.2) is 0 Å². The molecule has 0 atom stereocenters. The fourth-order valence-electron chi connectivity index (χ4n) is 2.81. The van der Waals surface area contributed by atoms with E-state index >= 15 is 0 Å². The first kappa shape index (κ1) is 17.0. The van der Waals surface area contributed by atoms with Crippen LogP contribution in [0.1, 0.15) is 37.6 Å². The molecule has 2 N–H and O–H groups in total. The van der Waals surface area contributed by atoms with E-state index in [0.29, 0.717) is 0 Å². The van der Waals surface area contributed by atoms with Crippen LogP contribution in [0.25, 0.3) is 17.0 Å². The zero-order valence-corrected chi connectivity index (χ0v) is 15.2. The van der Waals surface area contributed by atoms with Gasteiger partial charge >= 0.3 is 0 Å². The van der Waals surface area contributed by atoms with Crippen LogP contribution in [0.5, 0.6) is 0 Å². The predicted octanol–water partition coefficient (Wildman–Crippen LogP) is 5.43. The van der Waals surface area contributed by atoms with Gasteiger partial charge in [0, 0.05) is 28.4 Å². The van der Waals surface area contributed by atoms with Crippen LogP contribution in [0.4, 0.5) is 5.69 Å². The Morgan fingerprint density at radius 3 is 2.44 bits per heavy atom. The van der Waals surface area contributed by atoms with Crippen LogP contribution >= 0.6 is 0 Å². The van der Waals surface area contributed by atoms with Gasteiger partial charge in [-0.3, -0.25) is 4.79 Å². The summed E-state index contributed by atoms with van der Waals surface area (Å²) in [7, 11) is 0. The number of fused-ring (bicyclic) bond motifs is 1.